The first-order valence-corrected chi connectivity index (χ1v) is 7.12. The lowest BCUT2D eigenvalue weighted by Gasteiger charge is -2.03. The average molecular weight is 228 g/mol. The second-order valence-corrected chi connectivity index (χ2v) is 5.00. The maximum atomic E-state index is 11.5. The molecule has 0 spiro atoms. The zero-order valence-electron chi connectivity index (χ0n) is 11.5. The van der Waals surface area contributed by atoms with Crippen molar-refractivity contribution in [2.24, 2.45) is 5.92 Å². The number of rotatable bonds is 11. The van der Waals surface area contributed by atoms with Gasteiger partial charge in [-0.25, -0.2) is 0 Å². The summed E-state index contributed by atoms with van der Waals surface area (Å²) in [6, 6.07) is 0. The second kappa shape index (κ2) is 11.1. The Bertz CT molecular complexity index is 168. The van der Waals surface area contributed by atoms with Gasteiger partial charge in [-0.05, 0) is 17.1 Å². The molecule has 0 saturated heterocycles. The van der Waals surface area contributed by atoms with Gasteiger partial charge in [0.2, 0.25) is 0 Å². The molecule has 0 radical (unpaired) electrons. The minimum absolute atomic E-state index is 0.695. The summed E-state index contributed by atoms with van der Waals surface area (Å²) in [6.07, 6.45) is 9.81. The zero-order valence-corrected chi connectivity index (χ0v) is 11.5. The normalized spacial score (nSPS) is 12.7. The monoisotopic (exact) mass is 228 g/mol. The van der Waals surface area contributed by atoms with Crippen LogP contribution in [0.15, 0.2) is 0 Å². The molecule has 2 nitrogen and oxygen atoms in total. The summed E-state index contributed by atoms with van der Waals surface area (Å²) < 4.78 is 1.26. The quantitative estimate of drug-likeness (QED) is 0.375. The van der Waals surface area contributed by atoms with E-state index in [-0.39, 0.29) is 0 Å². The van der Waals surface area contributed by atoms with E-state index in [1.165, 1.54) is 43.3 Å². The number of nitrogens with zero attached hydrogens (tertiary/aromatic N) is 1. The SMILES string of the molecule is CCCCCCCC[N+](=O)CCC(C)CC. The minimum atomic E-state index is 0.695. The van der Waals surface area contributed by atoms with E-state index in [1.807, 2.05) is 0 Å². The van der Waals surface area contributed by atoms with E-state index in [1.54, 1.807) is 0 Å². The highest BCUT2D eigenvalue weighted by molar-refractivity contribution is 4.48. The van der Waals surface area contributed by atoms with E-state index in [0.717, 1.165) is 25.9 Å². The molecule has 2 heteroatoms. The molecule has 0 N–H and O–H groups in total. The van der Waals surface area contributed by atoms with Crippen molar-refractivity contribution in [3.05, 3.63) is 4.91 Å². The maximum absolute atomic E-state index is 11.5. The van der Waals surface area contributed by atoms with Gasteiger partial charge in [0.25, 0.3) is 0 Å². The molecule has 16 heavy (non-hydrogen) atoms. The van der Waals surface area contributed by atoms with Gasteiger partial charge in [0.15, 0.2) is 13.1 Å². The number of unbranched alkanes of at least 4 members (excludes halogenated alkanes) is 5. The zero-order chi connectivity index (χ0) is 12.2. The second-order valence-electron chi connectivity index (χ2n) is 5.00. The molecule has 96 valence electrons. The van der Waals surface area contributed by atoms with Gasteiger partial charge in [0.05, 0.1) is 0 Å². The first-order chi connectivity index (χ1) is 7.70. The van der Waals surface area contributed by atoms with Crippen molar-refractivity contribution in [2.75, 3.05) is 13.1 Å². The van der Waals surface area contributed by atoms with E-state index in [0.29, 0.717) is 5.92 Å². The molecule has 0 bridgehead atoms. The number of hydrogen-bond donors (Lipinski definition) is 0. The fraction of sp³-hybridized carbons (Fsp3) is 1.00. The van der Waals surface area contributed by atoms with Crippen LogP contribution >= 0.6 is 0 Å². The summed E-state index contributed by atoms with van der Waals surface area (Å²) in [5, 5.41) is 0. The highest BCUT2D eigenvalue weighted by Crippen LogP contribution is 2.07. The molecule has 0 aromatic carbocycles. The van der Waals surface area contributed by atoms with Crippen LogP contribution in [0.25, 0.3) is 0 Å². The van der Waals surface area contributed by atoms with Crippen LogP contribution in [0, 0.1) is 10.8 Å². The van der Waals surface area contributed by atoms with Crippen LogP contribution in [-0.2, 0) is 0 Å². The third kappa shape index (κ3) is 10.1. The Morgan fingerprint density at radius 3 is 2.19 bits per heavy atom. The summed E-state index contributed by atoms with van der Waals surface area (Å²) in [7, 11) is 0. The Morgan fingerprint density at radius 1 is 0.938 bits per heavy atom. The predicted octanol–water partition coefficient (Wildman–Crippen LogP) is 4.56. The minimum Gasteiger partial charge on any atom is -0.0654 e. The average Bonchev–Trinajstić information content (AvgIpc) is 2.30. The van der Waals surface area contributed by atoms with E-state index < -0.39 is 0 Å². The van der Waals surface area contributed by atoms with Crippen LogP contribution in [0.1, 0.15) is 72.1 Å². The molecule has 1 unspecified atom stereocenters. The Labute approximate surface area is 101 Å². The number of hydrogen-bond acceptors (Lipinski definition) is 1. The van der Waals surface area contributed by atoms with Gasteiger partial charge in [0, 0.05) is 17.7 Å². The Balaban J connectivity index is 3.24. The molecular weight excluding hydrogens is 198 g/mol. The fourth-order valence-corrected chi connectivity index (χ4v) is 1.75. The summed E-state index contributed by atoms with van der Waals surface area (Å²) in [5.41, 5.74) is 0. The molecule has 1 atom stereocenters. The van der Waals surface area contributed by atoms with Crippen molar-refractivity contribution >= 4 is 0 Å². The van der Waals surface area contributed by atoms with Gasteiger partial charge in [-0.15, -0.1) is 0 Å². The van der Waals surface area contributed by atoms with Crippen LogP contribution in [0.3, 0.4) is 0 Å². The van der Waals surface area contributed by atoms with E-state index in [4.69, 9.17) is 0 Å². The standard InChI is InChI=1S/C14H30NO/c1-4-6-7-8-9-10-12-15(16)13-11-14(3)5-2/h14H,4-13H2,1-3H3/q+1. The predicted molar refractivity (Wildman–Crippen MR) is 70.8 cm³/mol. The molecule has 0 saturated carbocycles. The van der Waals surface area contributed by atoms with Gasteiger partial charge in [-0.3, -0.25) is 0 Å². The first kappa shape index (κ1) is 15.6. The summed E-state index contributed by atoms with van der Waals surface area (Å²) in [5.74, 6) is 0.695. The smallest absolute Gasteiger partial charge is 0.0654 e. The van der Waals surface area contributed by atoms with Crippen molar-refractivity contribution in [2.45, 2.75) is 72.1 Å². The molecule has 0 heterocycles. The van der Waals surface area contributed by atoms with Crippen LogP contribution < -0.4 is 0 Å². The number of nitroso groups, excluding NO2 is 1. The molecule has 0 fully saturated rings. The lowest BCUT2D eigenvalue weighted by atomic mass is 10.1. The van der Waals surface area contributed by atoms with Crippen molar-refractivity contribution in [1.29, 1.82) is 0 Å². The highest BCUT2D eigenvalue weighted by atomic mass is 16.3. The summed E-state index contributed by atoms with van der Waals surface area (Å²) >= 11 is 0. The van der Waals surface area contributed by atoms with Crippen molar-refractivity contribution in [3.63, 3.8) is 0 Å². The molecule has 0 aliphatic carbocycles. The van der Waals surface area contributed by atoms with Crippen molar-refractivity contribution in [3.8, 4) is 0 Å². The molecule has 0 aliphatic heterocycles. The molecule has 0 aliphatic rings. The lowest BCUT2D eigenvalue weighted by molar-refractivity contribution is -0.550. The molecule has 0 aromatic heterocycles. The van der Waals surface area contributed by atoms with Crippen LogP contribution in [0.4, 0.5) is 0 Å². The Morgan fingerprint density at radius 2 is 1.56 bits per heavy atom. The topological polar surface area (TPSA) is 20.1 Å². The third-order valence-electron chi connectivity index (χ3n) is 3.33. The van der Waals surface area contributed by atoms with Crippen LogP contribution in [-0.4, -0.2) is 17.8 Å². The van der Waals surface area contributed by atoms with E-state index >= 15 is 0 Å². The third-order valence-corrected chi connectivity index (χ3v) is 3.33. The van der Waals surface area contributed by atoms with E-state index in [9.17, 15) is 4.91 Å². The van der Waals surface area contributed by atoms with Crippen molar-refractivity contribution < 1.29 is 4.76 Å². The molecular formula is C14H30NO+. The lowest BCUT2D eigenvalue weighted by Crippen LogP contribution is -2.13. The van der Waals surface area contributed by atoms with Crippen molar-refractivity contribution in [1.82, 2.24) is 0 Å². The maximum Gasteiger partial charge on any atom is 0.192 e. The Hall–Kier alpha value is -0.400. The van der Waals surface area contributed by atoms with Gasteiger partial charge in [-0.1, -0.05) is 52.9 Å². The van der Waals surface area contributed by atoms with Crippen LogP contribution in [0.2, 0.25) is 0 Å². The van der Waals surface area contributed by atoms with Gasteiger partial charge >= 0.3 is 0 Å². The van der Waals surface area contributed by atoms with Gasteiger partial charge in [0.1, 0.15) is 0 Å². The Kier molecular flexibility index (Phi) is 10.8. The summed E-state index contributed by atoms with van der Waals surface area (Å²) in [4.78, 5) is 11.5. The molecule has 0 amide bonds. The van der Waals surface area contributed by atoms with E-state index in [2.05, 4.69) is 20.8 Å². The van der Waals surface area contributed by atoms with Gasteiger partial charge < -0.3 is 0 Å². The largest absolute Gasteiger partial charge is 0.192 e. The van der Waals surface area contributed by atoms with Gasteiger partial charge in [-0.2, -0.15) is 0 Å². The molecule has 0 aromatic rings. The van der Waals surface area contributed by atoms with Crippen LogP contribution in [0.5, 0.6) is 0 Å². The summed E-state index contributed by atoms with van der Waals surface area (Å²) in [6.45, 7) is 8.10. The fourth-order valence-electron chi connectivity index (χ4n) is 1.75. The highest BCUT2D eigenvalue weighted by Gasteiger charge is 2.09. The first-order valence-electron chi connectivity index (χ1n) is 7.12. The molecule has 0 rings (SSSR count).